The molecule has 0 spiro atoms. The SMILES string of the molecule is CCOc1ccc(S(=O)(=O)N(CC(=O)N(Cc2cccc(C)c2)[C@H](CC)C(=O)NC(C)C)c2ccccc2)cc1. The molecule has 8 nitrogen and oxygen atoms in total. The van der Waals surface area contributed by atoms with E-state index < -0.39 is 28.5 Å². The van der Waals surface area contributed by atoms with Crippen molar-refractivity contribution in [3.8, 4) is 5.75 Å². The molecule has 0 radical (unpaired) electrons. The monoisotopic (exact) mass is 565 g/mol. The molecule has 0 unspecified atom stereocenters. The van der Waals surface area contributed by atoms with Crippen molar-refractivity contribution in [2.75, 3.05) is 17.5 Å². The van der Waals surface area contributed by atoms with E-state index in [1.54, 1.807) is 42.5 Å². The Kier molecular flexibility index (Phi) is 10.7. The third-order valence-corrected chi connectivity index (χ3v) is 8.09. The Hall–Kier alpha value is -3.85. The number of hydrogen-bond acceptors (Lipinski definition) is 5. The minimum absolute atomic E-state index is 0.0300. The smallest absolute Gasteiger partial charge is 0.264 e. The predicted octanol–water partition coefficient (Wildman–Crippen LogP) is 4.92. The summed E-state index contributed by atoms with van der Waals surface area (Å²) in [5.41, 5.74) is 2.22. The first kappa shape index (κ1) is 30.7. The molecule has 2 amide bonds. The summed E-state index contributed by atoms with van der Waals surface area (Å²) in [4.78, 5) is 28.8. The number of amides is 2. The summed E-state index contributed by atoms with van der Waals surface area (Å²) in [5, 5.41) is 2.91. The largest absolute Gasteiger partial charge is 0.494 e. The number of nitrogens with zero attached hydrogens (tertiary/aromatic N) is 2. The molecule has 0 heterocycles. The Labute approximate surface area is 238 Å². The van der Waals surface area contributed by atoms with Crippen LogP contribution >= 0.6 is 0 Å². The molecule has 0 aliphatic rings. The average molecular weight is 566 g/mol. The van der Waals surface area contributed by atoms with Gasteiger partial charge in [-0.3, -0.25) is 13.9 Å². The van der Waals surface area contributed by atoms with Crippen LogP contribution in [0.1, 0.15) is 45.2 Å². The van der Waals surface area contributed by atoms with Gasteiger partial charge in [0.15, 0.2) is 0 Å². The van der Waals surface area contributed by atoms with Crippen LogP contribution in [0.4, 0.5) is 5.69 Å². The molecular formula is C31H39N3O5S. The summed E-state index contributed by atoms with van der Waals surface area (Å²) in [6.45, 7) is 9.51. The summed E-state index contributed by atoms with van der Waals surface area (Å²) < 4.78 is 34.4. The van der Waals surface area contributed by atoms with Crippen LogP contribution in [0.25, 0.3) is 0 Å². The number of anilines is 1. The molecule has 0 aromatic heterocycles. The summed E-state index contributed by atoms with van der Waals surface area (Å²) in [5.74, 6) is -0.208. The summed E-state index contributed by atoms with van der Waals surface area (Å²) in [6, 6.07) is 21.4. The minimum Gasteiger partial charge on any atom is -0.494 e. The molecule has 0 bridgehead atoms. The molecule has 9 heteroatoms. The maximum absolute atomic E-state index is 14.0. The van der Waals surface area contributed by atoms with Gasteiger partial charge in [-0.25, -0.2) is 8.42 Å². The van der Waals surface area contributed by atoms with Crippen molar-refractivity contribution in [1.82, 2.24) is 10.2 Å². The third kappa shape index (κ3) is 7.85. The number of carbonyl (C=O) groups excluding carboxylic acids is 2. The molecule has 40 heavy (non-hydrogen) atoms. The van der Waals surface area contributed by atoms with Crippen molar-refractivity contribution >= 4 is 27.5 Å². The van der Waals surface area contributed by atoms with Crippen molar-refractivity contribution in [2.45, 2.75) is 64.6 Å². The molecule has 3 aromatic rings. The van der Waals surface area contributed by atoms with Gasteiger partial charge in [0.2, 0.25) is 11.8 Å². The predicted molar refractivity (Wildman–Crippen MR) is 158 cm³/mol. The van der Waals surface area contributed by atoms with Crippen LogP contribution < -0.4 is 14.4 Å². The quantitative estimate of drug-likeness (QED) is 0.317. The van der Waals surface area contributed by atoms with E-state index in [2.05, 4.69) is 5.32 Å². The second-order valence-corrected chi connectivity index (χ2v) is 11.7. The van der Waals surface area contributed by atoms with Crippen LogP contribution in [0.2, 0.25) is 0 Å². The van der Waals surface area contributed by atoms with Crippen molar-refractivity contribution in [1.29, 1.82) is 0 Å². The number of aryl methyl sites for hydroxylation is 1. The van der Waals surface area contributed by atoms with Gasteiger partial charge in [0.1, 0.15) is 18.3 Å². The van der Waals surface area contributed by atoms with E-state index in [4.69, 9.17) is 4.74 Å². The van der Waals surface area contributed by atoms with Gasteiger partial charge in [0.05, 0.1) is 17.2 Å². The van der Waals surface area contributed by atoms with Crippen molar-refractivity contribution in [3.63, 3.8) is 0 Å². The summed E-state index contributed by atoms with van der Waals surface area (Å²) in [7, 11) is -4.14. The maximum Gasteiger partial charge on any atom is 0.264 e. The second-order valence-electron chi connectivity index (χ2n) is 9.85. The van der Waals surface area contributed by atoms with Crippen LogP contribution in [0.15, 0.2) is 83.8 Å². The Bertz CT molecular complexity index is 1380. The summed E-state index contributed by atoms with van der Waals surface area (Å²) in [6.07, 6.45) is 0.368. The van der Waals surface area contributed by atoms with E-state index in [9.17, 15) is 18.0 Å². The Morgan fingerprint density at radius 1 is 0.925 bits per heavy atom. The molecule has 1 atom stereocenters. The summed E-state index contributed by atoms with van der Waals surface area (Å²) >= 11 is 0. The van der Waals surface area contributed by atoms with E-state index in [-0.39, 0.29) is 23.4 Å². The van der Waals surface area contributed by atoms with Crippen LogP contribution in [0.3, 0.4) is 0 Å². The molecule has 0 aliphatic carbocycles. The zero-order valence-electron chi connectivity index (χ0n) is 23.8. The zero-order valence-corrected chi connectivity index (χ0v) is 24.6. The highest BCUT2D eigenvalue weighted by atomic mass is 32.2. The van der Waals surface area contributed by atoms with Crippen LogP contribution in [0, 0.1) is 6.92 Å². The van der Waals surface area contributed by atoms with Crippen molar-refractivity contribution < 1.29 is 22.7 Å². The Morgan fingerprint density at radius 3 is 2.17 bits per heavy atom. The first-order chi connectivity index (χ1) is 19.1. The highest BCUT2D eigenvalue weighted by Crippen LogP contribution is 2.26. The fourth-order valence-corrected chi connectivity index (χ4v) is 5.85. The molecule has 0 fully saturated rings. The average Bonchev–Trinajstić information content (AvgIpc) is 2.92. The topological polar surface area (TPSA) is 96.0 Å². The number of rotatable bonds is 13. The number of para-hydroxylation sites is 1. The van der Waals surface area contributed by atoms with Crippen LogP contribution in [-0.4, -0.2) is 50.4 Å². The molecule has 1 N–H and O–H groups in total. The fourth-order valence-electron chi connectivity index (χ4n) is 4.43. The van der Waals surface area contributed by atoms with Gasteiger partial charge in [-0.05, 0) is 76.1 Å². The molecule has 0 aliphatic heterocycles. The number of sulfonamides is 1. The van der Waals surface area contributed by atoms with Gasteiger partial charge in [-0.2, -0.15) is 0 Å². The van der Waals surface area contributed by atoms with Gasteiger partial charge in [-0.1, -0.05) is 55.0 Å². The van der Waals surface area contributed by atoms with Gasteiger partial charge in [-0.15, -0.1) is 0 Å². The fraction of sp³-hybridized carbons (Fsp3) is 0.355. The molecule has 0 saturated heterocycles. The number of carbonyl (C=O) groups is 2. The Morgan fingerprint density at radius 2 is 1.60 bits per heavy atom. The lowest BCUT2D eigenvalue weighted by atomic mass is 10.1. The first-order valence-corrected chi connectivity index (χ1v) is 15.0. The lowest BCUT2D eigenvalue weighted by molar-refractivity contribution is -0.140. The van der Waals surface area contributed by atoms with Gasteiger partial charge in [0, 0.05) is 12.6 Å². The highest BCUT2D eigenvalue weighted by molar-refractivity contribution is 7.92. The normalized spacial score (nSPS) is 12.1. The van der Waals surface area contributed by atoms with Crippen LogP contribution in [-0.2, 0) is 26.2 Å². The highest BCUT2D eigenvalue weighted by Gasteiger charge is 2.33. The molecule has 214 valence electrons. The van der Waals surface area contributed by atoms with E-state index in [0.717, 1.165) is 15.4 Å². The van der Waals surface area contributed by atoms with E-state index in [0.29, 0.717) is 24.5 Å². The minimum atomic E-state index is -4.14. The van der Waals surface area contributed by atoms with Crippen molar-refractivity contribution in [2.24, 2.45) is 0 Å². The van der Waals surface area contributed by atoms with E-state index in [1.807, 2.05) is 58.9 Å². The van der Waals surface area contributed by atoms with E-state index >= 15 is 0 Å². The van der Waals surface area contributed by atoms with Gasteiger partial charge in [0.25, 0.3) is 10.0 Å². The van der Waals surface area contributed by atoms with Crippen molar-refractivity contribution in [3.05, 3.63) is 90.0 Å². The lowest BCUT2D eigenvalue weighted by Crippen LogP contribution is -2.53. The lowest BCUT2D eigenvalue weighted by Gasteiger charge is -2.33. The van der Waals surface area contributed by atoms with Crippen LogP contribution in [0.5, 0.6) is 5.75 Å². The maximum atomic E-state index is 14.0. The number of benzene rings is 3. The first-order valence-electron chi connectivity index (χ1n) is 13.5. The molecule has 0 saturated carbocycles. The number of hydrogen-bond donors (Lipinski definition) is 1. The molecule has 3 aromatic carbocycles. The zero-order chi connectivity index (χ0) is 29.3. The van der Waals surface area contributed by atoms with Gasteiger partial charge < -0.3 is 15.0 Å². The van der Waals surface area contributed by atoms with Gasteiger partial charge >= 0.3 is 0 Å². The third-order valence-electron chi connectivity index (χ3n) is 6.30. The Balaban J connectivity index is 2.03. The second kappa shape index (κ2) is 14.0. The van der Waals surface area contributed by atoms with E-state index in [1.165, 1.54) is 17.0 Å². The number of nitrogens with one attached hydrogen (secondary N) is 1. The molecule has 3 rings (SSSR count). The standard InChI is InChI=1S/C31H39N3O5S/c1-6-29(31(36)32-23(3)4)33(21-25-13-11-12-24(5)20-25)30(35)22-34(26-14-9-8-10-15-26)40(37,38)28-18-16-27(17-19-28)39-7-2/h8-20,23,29H,6-7,21-22H2,1-5H3,(H,32,36)/t29-/m1/s1. The molecular weight excluding hydrogens is 526 g/mol. The number of ether oxygens (including phenoxy) is 1.